The van der Waals surface area contributed by atoms with Crippen LogP contribution in [-0.2, 0) is 16.1 Å². The van der Waals surface area contributed by atoms with Crippen molar-refractivity contribution in [1.29, 1.82) is 0 Å². The number of anilines is 1. The third-order valence-electron chi connectivity index (χ3n) is 4.29. The first-order valence-corrected chi connectivity index (χ1v) is 9.15. The second kappa shape index (κ2) is 9.41. The molecule has 2 aromatic heterocycles. The first-order chi connectivity index (χ1) is 14.4. The van der Waals surface area contributed by atoms with Gasteiger partial charge in [-0.3, -0.25) is 14.6 Å². The molecule has 0 aliphatic heterocycles. The van der Waals surface area contributed by atoms with Crippen LogP contribution in [0.4, 0.5) is 14.5 Å². The van der Waals surface area contributed by atoms with Crippen molar-refractivity contribution in [2.24, 2.45) is 0 Å². The third kappa shape index (κ3) is 4.77. The van der Waals surface area contributed by atoms with Crippen LogP contribution in [0.15, 0.2) is 54.9 Å². The van der Waals surface area contributed by atoms with Gasteiger partial charge in [0.1, 0.15) is 28.4 Å². The van der Waals surface area contributed by atoms with E-state index in [1.54, 1.807) is 30.5 Å². The van der Waals surface area contributed by atoms with Gasteiger partial charge in [0.25, 0.3) is 0 Å². The predicted molar refractivity (Wildman–Crippen MR) is 106 cm³/mol. The summed E-state index contributed by atoms with van der Waals surface area (Å²) in [5, 5.41) is 3.39. The molecule has 6 nitrogen and oxygen atoms in total. The fourth-order valence-corrected chi connectivity index (χ4v) is 2.93. The molecule has 0 amide bonds. The minimum Gasteiger partial charge on any atom is -0.468 e. The quantitative estimate of drug-likeness (QED) is 0.262. The molecule has 1 N–H and O–H groups in total. The first-order valence-electron chi connectivity index (χ1n) is 8.77. The molecule has 1 atom stereocenters. The Labute approximate surface area is 175 Å². The van der Waals surface area contributed by atoms with E-state index < -0.39 is 29.3 Å². The molecule has 9 heteroatoms. The zero-order valence-corrected chi connectivity index (χ0v) is 16.5. The van der Waals surface area contributed by atoms with Gasteiger partial charge in [0.15, 0.2) is 0 Å². The number of nitrogens with zero attached hydrogens (tertiary/aromatic N) is 2. The summed E-state index contributed by atoms with van der Waals surface area (Å²) in [6, 6.07) is 9.18. The smallest absolute Gasteiger partial charge is 0.321 e. The van der Waals surface area contributed by atoms with Gasteiger partial charge in [0.2, 0.25) is 5.78 Å². The van der Waals surface area contributed by atoms with Crippen molar-refractivity contribution in [2.45, 2.75) is 12.5 Å². The van der Waals surface area contributed by atoms with Crippen LogP contribution in [0.25, 0.3) is 0 Å². The molecule has 0 saturated heterocycles. The van der Waals surface area contributed by atoms with E-state index in [1.165, 1.54) is 6.20 Å². The van der Waals surface area contributed by atoms with Gasteiger partial charge in [-0.1, -0.05) is 23.7 Å². The summed E-state index contributed by atoms with van der Waals surface area (Å²) >= 11 is 5.77. The average molecular weight is 432 g/mol. The number of pyridine rings is 2. The summed E-state index contributed by atoms with van der Waals surface area (Å²) in [5.41, 5.74) is 0.731. The number of ether oxygens (including phenoxy) is 1. The molecule has 3 rings (SSSR count). The van der Waals surface area contributed by atoms with E-state index >= 15 is 0 Å². The molecule has 0 fully saturated rings. The van der Waals surface area contributed by atoms with E-state index in [9.17, 15) is 18.4 Å². The van der Waals surface area contributed by atoms with Gasteiger partial charge in [0, 0.05) is 30.6 Å². The van der Waals surface area contributed by atoms with Crippen molar-refractivity contribution in [3.8, 4) is 0 Å². The van der Waals surface area contributed by atoms with Crippen LogP contribution in [0.3, 0.4) is 0 Å². The maximum absolute atomic E-state index is 14.3. The summed E-state index contributed by atoms with van der Waals surface area (Å²) in [5.74, 6) is -5.27. The SMILES string of the molecule is COC(=O)C(C(=O)c1ncccc1NCc1ccc(Cl)nc1)c1ccc(F)cc1F. The van der Waals surface area contributed by atoms with Crippen LogP contribution in [0.1, 0.15) is 27.5 Å². The largest absolute Gasteiger partial charge is 0.468 e. The average Bonchev–Trinajstić information content (AvgIpc) is 2.75. The lowest BCUT2D eigenvalue weighted by Crippen LogP contribution is -2.26. The van der Waals surface area contributed by atoms with E-state index in [1.807, 2.05) is 0 Å². The van der Waals surface area contributed by atoms with Crippen LogP contribution in [0, 0.1) is 11.6 Å². The van der Waals surface area contributed by atoms with Gasteiger partial charge in [-0.25, -0.2) is 13.8 Å². The first kappa shape index (κ1) is 21.3. The molecule has 0 radical (unpaired) electrons. The van der Waals surface area contributed by atoms with Crippen molar-refractivity contribution >= 4 is 29.0 Å². The number of ketones is 1. The summed E-state index contributed by atoms with van der Waals surface area (Å²) in [4.78, 5) is 33.5. The summed E-state index contributed by atoms with van der Waals surface area (Å²) in [6.45, 7) is 0.296. The predicted octanol–water partition coefficient (Wildman–Crippen LogP) is 4.16. The number of Topliss-reactive ketones (excluding diaryl/α,β-unsaturated/α-hetero) is 1. The van der Waals surface area contributed by atoms with E-state index in [-0.39, 0.29) is 11.3 Å². The Morgan fingerprint density at radius 3 is 2.63 bits per heavy atom. The number of hydrogen-bond donors (Lipinski definition) is 1. The summed E-state index contributed by atoms with van der Waals surface area (Å²) in [6.07, 6.45) is 2.94. The minimum absolute atomic E-state index is 0.0847. The van der Waals surface area contributed by atoms with Crippen molar-refractivity contribution in [2.75, 3.05) is 12.4 Å². The number of nitrogens with one attached hydrogen (secondary N) is 1. The van der Waals surface area contributed by atoms with E-state index in [0.29, 0.717) is 23.5 Å². The lowest BCUT2D eigenvalue weighted by molar-refractivity contribution is -0.141. The molecular weight excluding hydrogens is 416 g/mol. The molecule has 0 bridgehead atoms. The van der Waals surface area contributed by atoms with Crippen LogP contribution in [-0.4, -0.2) is 28.8 Å². The Kier molecular flexibility index (Phi) is 6.68. The summed E-state index contributed by atoms with van der Waals surface area (Å²) < 4.78 is 32.3. The zero-order valence-electron chi connectivity index (χ0n) is 15.7. The van der Waals surface area contributed by atoms with Gasteiger partial charge < -0.3 is 10.1 Å². The number of halogens is 3. The Hall–Kier alpha value is -3.39. The molecule has 1 unspecified atom stereocenters. The fourth-order valence-electron chi connectivity index (χ4n) is 2.82. The number of aromatic nitrogens is 2. The highest BCUT2D eigenvalue weighted by Crippen LogP contribution is 2.28. The molecule has 30 heavy (non-hydrogen) atoms. The molecule has 0 saturated carbocycles. The Morgan fingerprint density at radius 1 is 1.17 bits per heavy atom. The van der Waals surface area contributed by atoms with Crippen LogP contribution < -0.4 is 5.32 Å². The minimum atomic E-state index is -1.64. The standard InChI is InChI=1S/C21H16ClF2N3O3/c1-30-21(29)18(14-6-5-13(23)9-15(14)24)20(28)19-16(3-2-8-25-19)26-10-12-4-7-17(22)27-11-12/h2-9,11,18,26H,10H2,1H3. The highest BCUT2D eigenvalue weighted by atomic mass is 35.5. The van der Waals surface area contributed by atoms with Gasteiger partial charge >= 0.3 is 5.97 Å². The lowest BCUT2D eigenvalue weighted by Gasteiger charge is -2.17. The second-order valence-corrected chi connectivity index (χ2v) is 6.62. The van der Waals surface area contributed by atoms with Crippen LogP contribution in [0.5, 0.6) is 0 Å². The van der Waals surface area contributed by atoms with E-state index in [2.05, 4.69) is 20.0 Å². The topological polar surface area (TPSA) is 81.2 Å². The van der Waals surface area contributed by atoms with Gasteiger partial charge in [0.05, 0.1) is 12.8 Å². The maximum atomic E-state index is 14.3. The van der Waals surface area contributed by atoms with Gasteiger partial charge in [-0.15, -0.1) is 0 Å². The highest BCUT2D eigenvalue weighted by Gasteiger charge is 2.34. The molecule has 0 spiro atoms. The number of methoxy groups -OCH3 is 1. The molecule has 0 aliphatic rings. The Bertz CT molecular complexity index is 1080. The van der Waals surface area contributed by atoms with Crippen molar-refractivity contribution in [1.82, 2.24) is 9.97 Å². The molecular formula is C21H16ClF2N3O3. The van der Waals surface area contributed by atoms with Crippen LogP contribution >= 0.6 is 11.6 Å². The number of rotatable bonds is 7. The monoisotopic (exact) mass is 431 g/mol. The summed E-state index contributed by atoms with van der Waals surface area (Å²) in [7, 11) is 1.08. The number of carbonyl (C=O) groups excluding carboxylic acids is 2. The number of benzene rings is 1. The molecule has 3 aromatic rings. The van der Waals surface area contributed by atoms with Crippen molar-refractivity contribution < 1.29 is 23.1 Å². The van der Waals surface area contributed by atoms with E-state index in [0.717, 1.165) is 24.8 Å². The number of esters is 1. The number of hydrogen-bond acceptors (Lipinski definition) is 6. The normalized spacial score (nSPS) is 11.6. The van der Waals surface area contributed by atoms with Gasteiger partial charge in [-0.05, 0) is 29.8 Å². The van der Waals surface area contributed by atoms with Gasteiger partial charge in [-0.2, -0.15) is 0 Å². The van der Waals surface area contributed by atoms with Crippen molar-refractivity contribution in [3.63, 3.8) is 0 Å². The molecule has 0 aliphatic carbocycles. The van der Waals surface area contributed by atoms with Crippen LogP contribution in [0.2, 0.25) is 5.15 Å². The molecule has 2 heterocycles. The highest BCUT2D eigenvalue weighted by molar-refractivity contribution is 6.29. The molecule has 154 valence electrons. The fraction of sp³-hybridized carbons (Fsp3) is 0.143. The Morgan fingerprint density at radius 2 is 1.97 bits per heavy atom. The Balaban J connectivity index is 1.93. The van der Waals surface area contributed by atoms with Crippen molar-refractivity contribution in [3.05, 3.63) is 88.5 Å². The number of carbonyl (C=O) groups is 2. The lowest BCUT2D eigenvalue weighted by atomic mass is 9.91. The second-order valence-electron chi connectivity index (χ2n) is 6.23. The zero-order chi connectivity index (χ0) is 21.7. The molecule has 1 aromatic carbocycles. The maximum Gasteiger partial charge on any atom is 0.321 e. The third-order valence-corrected chi connectivity index (χ3v) is 4.51. The van der Waals surface area contributed by atoms with E-state index in [4.69, 9.17) is 11.6 Å².